The summed E-state index contributed by atoms with van der Waals surface area (Å²) in [6.07, 6.45) is 3.93. The smallest absolute Gasteiger partial charge is 0.254 e. The van der Waals surface area contributed by atoms with E-state index in [-0.39, 0.29) is 11.8 Å². The zero-order chi connectivity index (χ0) is 24.2. The molecule has 0 radical (unpaired) electrons. The van der Waals surface area contributed by atoms with Crippen LogP contribution in [0.15, 0.2) is 36.4 Å². The Morgan fingerprint density at radius 1 is 0.971 bits per heavy atom. The largest absolute Gasteiger partial charge is 0.493 e. The minimum Gasteiger partial charge on any atom is -0.493 e. The van der Waals surface area contributed by atoms with E-state index in [0.717, 1.165) is 49.9 Å². The van der Waals surface area contributed by atoms with E-state index in [4.69, 9.17) is 14.2 Å². The molecule has 1 saturated heterocycles. The van der Waals surface area contributed by atoms with Crippen molar-refractivity contribution in [3.63, 3.8) is 0 Å². The molecule has 2 aromatic rings. The average molecular weight is 467 g/mol. The molecule has 2 aliphatic rings. The van der Waals surface area contributed by atoms with Gasteiger partial charge in [0.2, 0.25) is 11.7 Å². The van der Waals surface area contributed by atoms with Crippen LogP contribution < -0.4 is 14.2 Å². The highest BCUT2D eigenvalue weighted by Crippen LogP contribution is 2.48. The Bertz CT molecular complexity index is 1020. The topological polar surface area (TPSA) is 68.3 Å². The van der Waals surface area contributed by atoms with Gasteiger partial charge in [-0.15, -0.1) is 0 Å². The molecule has 0 unspecified atom stereocenters. The molecule has 2 aromatic carbocycles. The van der Waals surface area contributed by atoms with Crippen molar-refractivity contribution in [1.29, 1.82) is 0 Å². The second-order valence-corrected chi connectivity index (χ2v) is 8.85. The van der Waals surface area contributed by atoms with Crippen LogP contribution in [0.1, 0.15) is 66.1 Å². The van der Waals surface area contributed by atoms with E-state index in [0.29, 0.717) is 29.4 Å². The molecule has 2 atom stereocenters. The molecule has 0 aliphatic carbocycles. The lowest BCUT2D eigenvalue weighted by Gasteiger charge is -2.44. The summed E-state index contributed by atoms with van der Waals surface area (Å²) in [7, 11) is 4.71. The Morgan fingerprint density at radius 2 is 1.62 bits per heavy atom. The van der Waals surface area contributed by atoms with Gasteiger partial charge in [-0.1, -0.05) is 25.1 Å². The second kappa shape index (κ2) is 10.4. The number of amides is 2. The summed E-state index contributed by atoms with van der Waals surface area (Å²) in [5.74, 6) is 0.990. The van der Waals surface area contributed by atoms with Crippen molar-refractivity contribution in [2.45, 2.75) is 44.6 Å². The number of nitrogens with zero attached hydrogens (tertiary/aromatic N) is 2. The van der Waals surface area contributed by atoms with Gasteiger partial charge in [0.05, 0.1) is 33.3 Å². The predicted octanol–water partition coefficient (Wildman–Crippen LogP) is 4.42. The first-order valence-electron chi connectivity index (χ1n) is 12.0. The lowest BCUT2D eigenvalue weighted by molar-refractivity contribution is -0.135. The van der Waals surface area contributed by atoms with Gasteiger partial charge in [0.1, 0.15) is 0 Å². The van der Waals surface area contributed by atoms with Crippen LogP contribution in [0.2, 0.25) is 0 Å². The first kappa shape index (κ1) is 23.9. The van der Waals surface area contributed by atoms with Crippen LogP contribution in [0.3, 0.4) is 0 Å². The number of ether oxygens (including phenoxy) is 3. The molecular formula is C27H34N2O5. The Hall–Kier alpha value is -3.22. The van der Waals surface area contributed by atoms with Crippen molar-refractivity contribution in [3.05, 3.63) is 53.1 Å². The fourth-order valence-electron chi connectivity index (χ4n) is 5.30. The zero-order valence-electron chi connectivity index (χ0n) is 20.5. The zero-order valence-corrected chi connectivity index (χ0v) is 20.5. The number of carbonyl (C=O) groups excluding carboxylic acids is 2. The lowest BCUT2D eigenvalue weighted by atomic mass is 9.78. The monoisotopic (exact) mass is 466 g/mol. The van der Waals surface area contributed by atoms with E-state index >= 15 is 0 Å². The fraction of sp³-hybridized carbons (Fsp3) is 0.481. The molecule has 2 amide bonds. The Morgan fingerprint density at radius 3 is 2.21 bits per heavy atom. The molecule has 4 rings (SSSR count). The lowest BCUT2D eigenvalue weighted by Crippen LogP contribution is -2.49. The molecule has 0 bridgehead atoms. The van der Waals surface area contributed by atoms with Crippen molar-refractivity contribution in [1.82, 2.24) is 9.80 Å². The van der Waals surface area contributed by atoms with Crippen molar-refractivity contribution in [2.24, 2.45) is 0 Å². The predicted molar refractivity (Wildman–Crippen MR) is 130 cm³/mol. The second-order valence-electron chi connectivity index (χ2n) is 8.85. The molecule has 34 heavy (non-hydrogen) atoms. The maximum Gasteiger partial charge on any atom is 0.254 e. The van der Waals surface area contributed by atoms with Crippen molar-refractivity contribution < 1.29 is 23.8 Å². The van der Waals surface area contributed by atoms with Crippen molar-refractivity contribution >= 4 is 11.8 Å². The van der Waals surface area contributed by atoms with Gasteiger partial charge in [-0.3, -0.25) is 9.59 Å². The quantitative estimate of drug-likeness (QED) is 0.604. The minimum absolute atomic E-state index is 0.0566. The fourth-order valence-corrected chi connectivity index (χ4v) is 5.30. The first-order chi connectivity index (χ1) is 16.5. The highest BCUT2D eigenvalue weighted by molar-refractivity contribution is 6.01. The Labute approximate surface area is 201 Å². The van der Waals surface area contributed by atoms with E-state index in [1.807, 2.05) is 53.1 Å². The van der Waals surface area contributed by atoms with Gasteiger partial charge in [0.25, 0.3) is 5.91 Å². The molecule has 0 N–H and O–H groups in total. The molecule has 7 nitrogen and oxygen atoms in total. The van der Waals surface area contributed by atoms with Gasteiger partial charge >= 0.3 is 0 Å². The number of carbonyl (C=O) groups is 2. The van der Waals surface area contributed by atoms with Gasteiger partial charge in [-0.2, -0.15) is 0 Å². The Balaban J connectivity index is 1.92. The average Bonchev–Trinajstić information content (AvgIpc) is 2.89. The van der Waals surface area contributed by atoms with Gasteiger partial charge in [0.15, 0.2) is 11.5 Å². The number of benzene rings is 2. The number of fused-ring (bicyclic) bond motifs is 1. The number of hydrogen-bond acceptors (Lipinski definition) is 5. The molecule has 182 valence electrons. The first-order valence-corrected chi connectivity index (χ1v) is 12.0. The van der Waals surface area contributed by atoms with E-state index in [1.54, 1.807) is 21.3 Å². The molecule has 2 aliphatic heterocycles. The van der Waals surface area contributed by atoms with Crippen LogP contribution in [0, 0.1) is 0 Å². The summed E-state index contributed by atoms with van der Waals surface area (Å²) in [5, 5.41) is 0. The summed E-state index contributed by atoms with van der Waals surface area (Å²) >= 11 is 0. The molecule has 0 saturated carbocycles. The van der Waals surface area contributed by atoms with E-state index in [2.05, 4.69) is 0 Å². The normalized spacial score (nSPS) is 20.1. The van der Waals surface area contributed by atoms with Gasteiger partial charge < -0.3 is 24.0 Å². The van der Waals surface area contributed by atoms with E-state index in [1.165, 1.54) is 0 Å². The maximum absolute atomic E-state index is 14.1. The SMILES string of the molecule is CCCN1C(=O)c2ccccc2[C@@H](C(=O)N2CCCCC2)[C@@H]1c1cc(OC)c(OC)c(OC)c1. The molecular weight excluding hydrogens is 432 g/mol. The van der Waals surface area contributed by atoms with Gasteiger partial charge in [-0.25, -0.2) is 0 Å². The summed E-state index contributed by atoms with van der Waals surface area (Å²) in [4.78, 5) is 31.6. The third kappa shape index (κ3) is 4.19. The highest BCUT2D eigenvalue weighted by atomic mass is 16.5. The third-order valence-electron chi connectivity index (χ3n) is 6.87. The van der Waals surface area contributed by atoms with E-state index in [9.17, 15) is 9.59 Å². The molecule has 7 heteroatoms. The summed E-state index contributed by atoms with van der Waals surface area (Å²) in [6, 6.07) is 10.8. The number of hydrogen-bond donors (Lipinski definition) is 0. The van der Waals surface area contributed by atoms with Gasteiger partial charge in [-0.05, 0) is 55.0 Å². The minimum atomic E-state index is -0.513. The highest BCUT2D eigenvalue weighted by Gasteiger charge is 2.45. The van der Waals surface area contributed by atoms with Crippen LogP contribution in [-0.2, 0) is 4.79 Å². The number of methoxy groups -OCH3 is 3. The summed E-state index contributed by atoms with van der Waals surface area (Å²) in [5.41, 5.74) is 2.19. The standard InChI is InChI=1S/C27H34N2O5/c1-5-13-29-24(18-16-21(32-2)25(34-4)22(17-18)33-3)23(27(31)28-14-9-6-10-15-28)19-11-7-8-12-20(19)26(29)30/h7-8,11-12,16-17,23-24H,5-6,9-10,13-15H2,1-4H3/t23-,24+/m1/s1. The van der Waals surface area contributed by atoms with Crippen molar-refractivity contribution in [2.75, 3.05) is 41.0 Å². The van der Waals surface area contributed by atoms with Crippen LogP contribution in [-0.4, -0.2) is 62.6 Å². The number of rotatable bonds is 7. The molecule has 2 heterocycles. The molecule has 0 aromatic heterocycles. The van der Waals surface area contributed by atoms with Crippen LogP contribution in [0.5, 0.6) is 17.2 Å². The third-order valence-corrected chi connectivity index (χ3v) is 6.87. The summed E-state index contributed by atoms with van der Waals surface area (Å²) in [6.45, 7) is 4.09. The van der Waals surface area contributed by atoms with E-state index < -0.39 is 12.0 Å². The van der Waals surface area contributed by atoms with Gasteiger partial charge in [0, 0.05) is 25.2 Å². The Kier molecular flexibility index (Phi) is 7.29. The summed E-state index contributed by atoms with van der Waals surface area (Å²) < 4.78 is 16.7. The maximum atomic E-state index is 14.1. The molecule has 0 spiro atoms. The molecule has 1 fully saturated rings. The number of piperidine rings is 1. The van der Waals surface area contributed by atoms with Crippen LogP contribution in [0.25, 0.3) is 0 Å². The van der Waals surface area contributed by atoms with Crippen molar-refractivity contribution in [3.8, 4) is 17.2 Å². The number of likely N-dealkylation sites (tertiary alicyclic amines) is 1. The van der Waals surface area contributed by atoms with Crippen LogP contribution in [0.4, 0.5) is 0 Å². The van der Waals surface area contributed by atoms with Crippen LogP contribution >= 0.6 is 0 Å².